The molecule has 0 spiro atoms. The van der Waals surface area contributed by atoms with E-state index in [1.54, 1.807) is 32.0 Å². The molecule has 0 atom stereocenters. The van der Waals surface area contributed by atoms with E-state index in [1.165, 1.54) is 13.3 Å². The third-order valence-corrected chi connectivity index (χ3v) is 3.87. The van der Waals surface area contributed by atoms with Crippen molar-refractivity contribution < 1.29 is 9.84 Å². The van der Waals surface area contributed by atoms with Gasteiger partial charge in [0.1, 0.15) is 23.1 Å². The minimum absolute atomic E-state index is 0.0193. The molecule has 0 bridgehead atoms. The summed E-state index contributed by atoms with van der Waals surface area (Å²) in [7, 11) is 1.51. The highest BCUT2D eigenvalue weighted by Crippen LogP contribution is 2.31. The van der Waals surface area contributed by atoms with Gasteiger partial charge in [-0.3, -0.25) is 14.4 Å². The maximum atomic E-state index is 12.1. The fraction of sp³-hybridized carbons (Fsp3) is 0.235. The molecule has 0 aliphatic rings. The zero-order valence-electron chi connectivity index (χ0n) is 13.5. The molecule has 0 saturated carbocycles. The summed E-state index contributed by atoms with van der Waals surface area (Å²) in [6.07, 6.45) is 1.39. The van der Waals surface area contributed by atoms with E-state index in [0.717, 1.165) is 4.57 Å². The SMILES string of the molecule is CCn1c(O)c(C=Nc2cc(Cl)ccc2OC)c(C)c(C#N)c1=O. The number of aromatic hydroxyl groups is 1. The maximum Gasteiger partial charge on any atom is 0.271 e. The van der Waals surface area contributed by atoms with E-state index in [-0.39, 0.29) is 18.0 Å². The molecule has 0 saturated heterocycles. The Morgan fingerprint density at radius 1 is 1.50 bits per heavy atom. The molecule has 1 aromatic carbocycles. The van der Waals surface area contributed by atoms with Crippen molar-refractivity contribution in [1.82, 2.24) is 4.57 Å². The number of ether oxygens (including phenoxy) is 1. The molecule has 124 valence electrons. The number of rotatable bonds is 4. The lowest BCUT2D eigenvalue weighted by Gasteiger charge is -2.12. The van der Waals surface area contributed by atoms with Gasteiger partial charge in [-0.25, -0.2) is 0 Å². The van der Waals surface area contributed by atoms with E-state index < -0.39 is 5.56 Å². The summed E-state index contributed by atoms with van der Waals surface area (Å²) in [6.45, 7) is 3.54. The van der Waals surface area contributed by atoms with Crippen LogP contribution in [0.25, 0.3) is 0 Å². The predicted molar refractivity (Wildman–Crippen MR) is 92.8 cm³/mol. The van der Waals surface area contributed by atoms with E-state index in [1.807, 2.05) is 6.07 Å². The van der Waals surface area contributed by atoms with E-state index in [2.05, 4.69) is 4.99 Å². The number of benzene rings is 1. The predicted octanol–water partition coefficient (Wildman–Crippen LogP) is 3.17. The molecule has 24 heavy (non-hydrogen) atoms. The molecule has 0 fully saturated rings. The highest BCUT2D eigenvalue weighted by molar-refractivity contribution is 6.30. The molecule has 0 unspecified atom stereocenters. The molecule has 1 N–H and O–H groups in total. The Hall–Kier alpha value is -2.78. The molecule has 1 heterocycles. The Labute approximate surface area is 144 Å². The lowest BCUT2D eigenvalue weighted by atomic mass is 10.1. The average Bonchev–Trinajstić information content (AvgIpc) is 2.55. The van der Waals surface area contributed by atoms with Crippen LogP contribution in [-0.2, 0) is 6.54 Å². The largest absolute Gasteiger partial charge is 0.494 e. The minimum atomic E-state index is -0.521. The molecule has 6 nitrogen and oxygen atoms in total. The van der Waals surface area contributed by atoms with Gasteiger partial charge in [0, 0.05) is 17.8 Å². The smallest absolute Gasteiger partial charge is 0.271 e. The molecule has 0 aliphatic carbocycles. The quantitative estimate of drug-likeness (QED) is 0.862. The van der Waals surface area contributed by atoms with Crippen molar-refractivity contribution >= 4 is 23.5 Å². The van der Waals surface area contributed by atoms with Crippen LogP contribution in [0.15, 0.2) is 28.0 Å². The maximum absolute atomic E-state index is 12.1. The topological polar surface area (TPSA) is 87.6 Å². The summed E-state index contributed by atoms with van der Waals surface area (Å²) < 4.78 is 6.34. The van der Waals surface area contributed by atoms with Gasteiger partial charge in [-0.05, 0) is 37.6 Å². The van der Waals surface area contributed by atoms with Crippen molar-refractivity contribution in [3.63, 3.8) is 0 Å². The Morgan fingerprint density at radius 2 is 2.21 bits per heavy atom. The normalized spacial score (nSPS) is 10.8. The Morgan fingerprint density at radius 3 is 2.79 bits per heavy atom. The van der Waals surface area contributed by atoms with Crippen LogP contribution < -0.4 is 10.3 Å². The number of methoxy groups -OCH3 is 1. The number of hydrogen-bond donors (Lipinski definition) is 1. The molecular weight excluding hydrogens is 330 g/mol. The van der Waals surface area contributed by atoms with E-state index in [9.17, 15) is 15.2 Å². The van der Waals surface area contributed by atoms with Crippen molar-refractivity contribution in [1.29, 1.82) is 5.26 Å². The van der Waals surface area contributed by atoms with Crippen LogP contribution in [0.2, 0.25) is 5.02 Å². The molecule has 1 aromatic heterocycles. The second kappa shape index (κ2) is 7.20. The van der Waals surface area contributed by atoms with Crippen LogP contribution in [0, 0.1) is 18.3 Å². The summed E-state index contributed by atoms with van der Waals surface area (Å²) in [5, 5.41) is 20.0. The van der Waals surface area contributed by atoms with Crippen molar-refractivity contribution in [2.45, 2.75) is 20.4 Å². The summed E-state index contributed by atoms with van der Waals surface area (Å²) >= 11 is 5.97. The second-order valence-corrected chi connectivity index (χ2v) is 5.41. The van der Waals surface area contributed by atoms with Crippen LogP contribution >= 0.6 is 11.6 Å². The number of nitrogens with zero attached hydrogens (tertiary/aromatic N) is 3. The van der Waals surface area contributed by atoms with Crippen LogP contribution in [0.4, 0.5) is 5.69 Å². The first-order valence-electron chi connectivity index (χ1n) is 7.18. The van der Waals surface area contributed by atoms with Gasteiger partial charge < -0.3 is 9.84 Å². The van der Waals surface area contributed by atoms with Crippen molar-refractivity contribution in [3.8, 4) is 17.7 Å². The fourth-order valence-electron chi connectivity index (χ4n) is 2.32. The molecule has 0 radical (unpaired) electrons. The lowest BCUT2D eigenvalue weighted by Crippen LogP contribution is -2.24. The number of aliphatic imine (C=N–C) groups is 1. The number of hydrogen-bond acceptors (Lipinski definition) is 5. The third-order valence-electron chi connectivity index (χ3n) is 3.64. The molecule has 2 aromatic rings. The van der Waals surface area contributed by atoms with Gasteiger partial charge >= 0.3 is 0 Å². The highest BCUT2D eigenvalue weighted by atomic mass is 35.5. The first-order chi connectivity index (χ1) is 11.4. The van der Waals surface area contributed by atoms with Gasteiger partial charge in [0.15, 0.2) is 0 Å². The number of pyridine rings is 1. The summed E-state index contributed by atoms with van der Waals surface area (Å²) in [5.41, 5.74) is 0.600. The standard InChI is InChI=1S/C17H16ClN3O3/c1-4-21-16(22)12(8-19)10(2)13(17(21)23)9-20-14-7-11(18)5-6-15(14)24-3/h5-7,9,23H,4H2,1-3H3. The number of aromatic nitrogens is 1. The first kappa shape index (κ1) is 17.6. The minimum Gasteiger partial charge on any atom is -0.494 e. The van der Waals surface area contributed by atoms with Crippen LogP contribution in [0.1, 0.15) is 23.6 Å². The molecule has 2 rings (SSSR count). The zero-order chi connectivity index (χ0) is 17.9. The van der Waals surface area contributed by atoms with Crippen molar-refractivity contribution in [3.05, 3.63) is 50.3 Å². The summed E-state index contributed by atoms with van der Waals surface area (Å²) in [5.74, 6) is 0.279. The van der Waals surface area contributed by atoms with Crippen molar-refractivity contribution in [2.24, 2.45) is 4.99 Å². The van der Waals surface area contributed by atoms with Crippen LogP contribution in [0.5, 0.6) is 11.6 Å². The van der Waals surface area contributed by atoms with E-state index in [4.69, 9.17) is 16.3 Å². The zero-order valence-corrected chi connectivity index (χ0v) is 14.3. The lowest BCUT2D eigenvalue weighted by molar-refractivity contribution is 0.409. The molecule has 0 aliphatic heterocycles. The summed E-state index contributed by atoms with van der Waals surface area (Å²) in [6, 6.07) is 6.85. The third kappa shape index (κ3) is 3.12. The van der Waals surface area contributed by atoms with Crippen molar-refractivity contribution in [2.75, 3.05) is 7.11 Å². The molecule has 0 amide bonds. The van der Waals surface area contributed by atoms with Crippen LogP contribution in [0.3, 0.4) is 0 Å². The highest BCUT2D eigenvalue weighted by Gasteiger charge is 2.17. The Bertz CT molecular complexity index is 911. The monoisotopic (exact) mass is 345 g/mol. The Kier molecular flexibility index (Phi) is 5.27. The fourth-order valence-corrected chi connectivity index (χ4v) is 2.48. The van der Waals surface area contributed by atoms with Gasteiger partial charge in [-0.1, -0.05) is 11.6 Å². The van der Waals surface area contributed by atoms with E-state index >= 15 is 0 Å². The van der Waals surface area contributed by atoms with Crippen LogP contribution in [-0.4, -0.2) is 23.0 Å². The number of nitriles is 1. The first-order valence-corrected chi connectivity index (χ1v) is 7.56. The molecule has 7 heteroatoms. The van der Waals surface area contributed by atoms with Gasteiger partial charge in [0.25, 0.3) is 5.56 Å². The summed E-state index contributed by atoms with van der Waals surface area (Å²) in [4.78, 5) is 16.4. The number of halogens is 1. The second-order valence-electron chi connectivity index (χ2n) is 4.97. The van der Waals surface area contributed by atoms with Gasteiger partial charge in [0.05, 0.1) is 12.7 Å². The van der Waals surface area contributed by atoms with E-state index in [0.29, 0.717) is 27.6 Å². The average molecular weight is 346 g/mol. The van der Waals surface area contributed by atoms with Gasteiger partial charge in [0.2, 0.25) is 5.88 Å². The molecular formula is C17H16ClN3O3. The Balaban J connectivity index is 2.65. The van der Waals surface area contributed by atoms with Gasteiger partial charge in [-0.15, -0.1) is 0 Å². The van der Waals surface area contributed by atoms with Gasteiger partial charge in [-0.2, -0.15) is 5.26 Å².